The van der Waals surface area contributed by atoms with E-state index < -0.39 is 0 Å². The first-order valence-corrected chi connectivity index (χ1v) is 7.89. The number of anilines is 1. The molecule has 24 heavy (non-hydrogen) atoms. The molecule has 0 bridgehead atoms. The fourth-order valence-corrected chi connectivity index (χ4v) is 3.24. The summed E-state index contributed by atoms with van der Waals surface area (Å²) in [5, 5.41) is 1.00. The van der Waals surface area contributed by atoms with Crippen LogP contribution in [-0.2, 0) is 11.8 Å². The van der Waals surface area contributed by atoms with E-state index in [2.05, 4.69) is 24.7 Å². The van der Waals surface area contributed by atoms with Crippen LogP contribution in [0.25, 0.3) is 27.0 Å². The molecule has 0 spiro atoms. The number of hydrogen-bond acceptors (Lipinski definition) is 4. The Bertz CT molecular complexity index is 942. The molecule has 122 valence electrons. The van der Waals surface area contributed by atoms with Gasteiger partial charge in [0, 0.05) is 30.4 Å². The average Bonchev–Trinajstić information content (AvgIpc) is 3.17. The number of ether oxygens (including phenoxy) is 1. The number of morpholine rings is 1. The van der Waals surface area contributed by atoms with Gasteiger partial charge in [0.05, 0.1) is 31.3 Å². The number of aromatic amines is 1. The summed E-state index contributed by atoms with van der Waals surface area (Å²) in [6.45, 7) is 12.4. The second-order valence-corrected chi connectivity index (χ2v) is 5.90. The van der Waals surface area contributed by atoms with Crippen molar-refractivity contribution in [1.29, 1.82) is 0 Å². The highest BCUT2D eigenvalue weighted by atomic mass is 16.5. The molecular formula is C17H18N6O. The molecule has 1 N–H and O–H groups in total. The van der Waals surface area contributed by atoms with Crippen LogP contribution in [0, 0.1) is 13.5 Å². The number of aromatic nitrogens is 4. The minimum atomic E-state index is 0.627. The van der Waals surface area contributed by atoms with E-state index in [1.807, 2.05) is 30.8 Å². The summed E-state index contributed by atoms with van der Waals surface area (Å²) in [5.74, 6) is 1.55. The minimum absolute atomic E-state index is 0.627. The lowest BCUT2D eigenvalue weighted by Gasteiger charge is -2.28. The number of nitrogens with zero attached hydrogens (tertiary/aromatic N) is 5. The summed E-state index contributed by atoms with van der Waals surface area (Å²) < 4.78 is 7.37. The van der Waals surface area contributed by atoms with E-state index in [0.717, 1.165) is 46.8 Å². The maximum absolute atomic E-state index is 7.34. The molecule has 1 aliphatic heterocycles. The van der Waals surface area contributed by atoms with E-state index >= 15 is 0 Å². The van der Waals surface area contributed by atoms with Gasteiger partial charge in [-0.15, -0.1) is 0 Å². The van der Waals surface area contributed by atoms with Crippen LogP contribution < -0.4 is 4.90 Å². The summed E-state index contributed by atoms with van der Waals surface area (Å²) in [5.41, 5.74) is 3.95. The van der Waals surface area contributed by atoms with Gasteiger partial charge < -0.3 is 19.5 Å². The smallest absolute Gasteiger partial charge is 0.230 e. The van der Waals surface area contributed by atoms with Gasteiger partial charge in [-0.1, -0.05) is 6.57 Å². The van der Waals surface area contributed by atoms with Crippen molar-refractivity contribution in [2.75, 3.05) is 31.2 Å². The number of H-pyrrole nitrogens is 1. The molecular weight excluding hydrogens is 304 g/mol. The van der Waals surface area contributed by atoms with Gasteiger partial charge in [-0.25, -0.2) is 9.97 Å². The first-order chi connectivity index (χ1) is 11.7. The standard InChI is InChI=1S/C17H18N6O/c1-11-12(8-14(18-2)22(11)3)13-9-19-16-15(13)17(21-10-20-16)23-4-6-24-7-5-23/h8-10H,4-7H2,1,3H3,(H,19,20,21). The molecule has 0 unspecified atom stereocenters. The van der Waals surface area contributed by atoms with Crippen molar-refractivity contribution < 1.29 is 4.74 Å². The highest BCUT2D eigenvalue weighted by Gasteiger charge is 2.22. The SMILES string of the molecule is [C-]#[N+]c1cc(-c2c[nH]c3ncnc(N4CCOCC4)c23)c(C)n1C. The fraction of sp³-hybridized carbons (Fsp3) is 0.353. The van der Waals surface area contributed by atoms with Crippen molar-refractivity contribution in [2.24, 2.45) is 7.05 Å². The van der Waals surface area contributed by atoms with Crippen LogP contribution in [0.4, 0.5) is 11.6 Å². The molecule has 4 heterocycles. The summed E-state index contributed by atoms with van der Waals surface area (Å²) in [6, 6.07) is 1.93. The quantitative estimate of drug-likeness (QED) is 0.737. The van der Waals surface area contributed by atoms with Crippen LogP contribution in [-0.4, -0.2) is 45.8 Å². The maximum Gasteiger partial charge on any atom is 0.230 e. The van der Waals surface area contributed by atoms with Crippen LogP contribution in [0.15, 0.2) is 18.6 Å². The van der Waals surface area contributed by atoms with Crippen molar-refractivity contribution >= 4 is 22.7 Å². The molecule has 0 amide bonds. The first kappa shape index (κ1) is 14.7. The van der Waals surface area contributed by atoms with Gasteiger partial charge in [0.25, 0.3) is 0 Å². The molecule has 7 nitrogen and oxygen atoms in total. The van der Waals surface area contributed by atoms with Crippen molar-refractivity contribution in [3.05, 3.63) is 35.7 Å². The summed E-state index contributed by atoms with van der Waals surface area (Å²) in [6.07, 6.45) is 3.55. The first-order valence-electron chi connectivity index (χ1n) is 7.89. The Hall–Kier alpha value is -2.85. The van der Waals surface area contributed by atoms with E-state index in [0.29, 0.717) is 19.0 Å². The van der Waals surface area contributed by atoms with Crippen LogP contribution in [0.3, 0.4) is 0 Å². The van der Waals surface area contributed by atoms with Crippen LogP contribution in [0.1, 0.15) is 5.69 Å². The summed E-state index contributed by atoms with van der Waals surface area (Å²) in [4.78, 5) is 18.0. The molecule has 1 aliphatic rings. The predicted molar refractivity (Wildman–Crippen MR) is 92.3 cm³/mol. The van der Waals surface area contributed by atoms with Crippen molar-refractivity contribution in [2.45, 2.75) is 6.92 Å². The highest BCUT2D eigenvalue weighted by Crippen LogP contribution is 2.38. The normalized spacial score (nSPS) is 15.0. The monoisotopic (exact) mass is 322 g/mol. The third kappa shape index (κ3) is 2.15. The molecule has 0 saturated carbocycles. The zero-order valence-electron chi connectivity index (χ0n) is 13.7. The molecule has 0 aliphatic carbocycles. The lowest BCUT2D eigenvalue weighted by molar-refractivity contribution is 0.122. The van der Waals surface area contributed by atoms with Crippen molar-refractivity contribution in [1.82, 2.24) is 19.5 Å². The van der Waals surface area contributed by atoms with Crippen LogP contribution in [0.2, 0.25) is 0 Å². The lowest BCUT2D eigenvalue weighted by Crippen LogP contribution is -2.36. The molecule has 3 aromatic heterocycles. The molecule has 4 rings (SSSR count). The van der Waals surface area contributed by atoms with E-state index in [-0.39, 0.29) is 0 Å². The highest BCUT2D eigenvalue weighted by molar-refractivity contribution is 6.02. The van der Waals surface area contributed by atoms with Crippen molar-refractivity contribution in [3.63, 3.8) is 0 Å². The van der Waals surface area contributed by atoms with E-state index in [4.69, 9.17) is 11.3 Å². The van der Waals surface area contributed by atoms with Gasteiger partial charge in [0.15, 0.2) is 0 Å². The van der Waals surface area contributed by atoms with Gasteiger partial charge in [0.2, 0.25) is 5.82 Å². The Balaban J connectivity index is 1.92. The lowest BCUT2D eigenvalue weighted by atomic mass is 10.1. The van der Waals surface area contributed by atoms with Gasteiger partial charge in [-0.3, -0.25) is 4.57 Å². The summed E-state index contributed by atoms with van der Waals surface area (Å²) >= 11 is 0. The van der Waals surface area contributed by atoms with Gasteiger partial charge in [-0.2, -0.15) is 0 Å². The zero-order valence-corrected chi connectivity index (χ0v) is 13.7. The minimum Gasteiger partial charge on any atom is -0.378 e. The fourth-order valence-electron chi connectivity index (χ4n) is 3.24. The number of hydrogen-bond donors (Lipinski definition) is 1. The second kappa shape index (κ2) is 5.65. The summed E-state index contributed by atoms with van der Waals surface area (Å²) in [7, 11) is 1.92. The van der Waals surface area contributed by atoms with Gasteiger partial charge in [-0.05, 0) is 13.0 Å². The maximum atomic E-state index is 7.34. The van der Waals surface area contributed by atoms with Crippen molar-refractivity contribution in [3.8, 4) is 11.1 Å². The van der Waals surface area contributed by atoms with Crippen LogP contribution >= 0.6 is 0 Å². The third-order valence-electron chi connectivity index (χ3n) is 4.68. The molecule has 1 fully saturated rings. The Morgan fingerprint density at radius 3 is 2.75 bits per heavy atom. The number of nitrogens with one attached hydrogen (secondary N) is 1. The van der Waals surface area contributed by atoms with Gasteiger partial charge in [0.1, 0.15) is 17.8 Å². The van der Waals surface area contributed by atoms with E-state index in [1.54, 1.807) is 6.33 Å². The number of fused-ring (bicyclic) bond motifs is 1. The molecule has 1 saturated heterocycles. The van der Waals surface area contributed by atoms with E-state index in [9.17, 15) is 0 Å². The van der Waals surface area contributed by atoms with E-state index in [1.165, 1.54) is 0 Å². The second-order valence-electron chi connectivity index (χ2n) is 5.90. The third-order valence-corrected chi connectivity index (χ3v) is 4.68. The Morgan fingerprint density at radius 2 is 2.04 bits per heavy atom. The van der Waals surface area contributed by atoms with Crippen LogP contribution in [0.5, 0.6) is 0 Å². The Labute approximate surface area is 139 Å². The topological polar surface area (TPSA) is 63.3 Å². The Kier molecular flexibility index (Phi) is 3.47. The molecule has 3 aromatic rings. The molecule has 0 aromatic carbocycles. The molecule has 0 radical (unpaired) electrons. The van der Waals surface area contributed by atoms with Gasteiger partial charge >= 0.3 is 0 Å². The largest absolute Gasteiger partial charge is 0.378 e. The predicted octanol–water partition coefficient (Wildman–Crippen LogP) is 2.66. The molecule has 7 heteroatoms. The number of rotatable bonds is 2. The Morgan fingerprint density at radius 1 is 1.25 bits per heavy atom. The molecule has 0 atom stereocenters. The average molecular weight is 322 g/mol. The zero-order chi connectivity index (χ0) is 16.7.